The Bertz CT molecular complexity index is 1060. The number of aromatic nitrogens is 1. The van der Waals surface area contributed by atoms with Gasteiger partial charge in [-0.05, 0) is 37.3 Å². The summed E-state index contributed by atoms with van der Waals surface area (Å²) in [4.78, 5) is 27.8. The van der Waals surface area contributed by atoms with Gasteiger partial charge in [-0.2, -0.15) is 4.99 Å². The first-order valence-corrected chi connectivity index (χ1v) is 9.39. The number of nitro groups is 1. The highest BCUT2D eigenvalue weighted by Crippen LogP contribution is 2.23. The molecule has 2 aromatic carbocycles. The molecule has 0 atom stereocenters. The Kier molecular flexibility index (Phi) is 6.00. The van der Waals surface area contributed by atoms with Gasteiger partial charge < -0.3 is 9.30 Å². The Morgan fingerprint density at radius 2 is 2.04 bits per heavy atom. The zero-order valence-corrected chi connectivity index (χ0v) is 16.0. The molecule has 140 valence electrons. The Morgan fingerprint density at radius 1 is 1.30 bits per heavy atom. The number of hydrogen-bond acceptors (Lipinski definition) is 5. The number of rotatable bonds is 6. The summed E-state index contributed by atoms with van der Waals surface area (Å²) in [5, 5.41) is 11.6. The summed E-state index contributed by atoms with van der Waals surface area (Å²) in [7, 11) is 0. The molecule has 0 saturated heterocycles. The largest absolute Gasteiger partial charge is 0.380 e. The van der Waals surface area contributed by atoms with Crippen molar-refractivity contribution in [3.05, 3.63) is 68.0 Å². The van der Waals surface area contributed by atoms with Crippen molar-refractivity contribution in [2.24, 2.45) is 4.99 Å². The molecule has 0 radical (unpaired) electrons. The number of halogens is 1. The summed E-state index contributed by atoms with van der Waals surface area (Å²) < 4.78 is 7.98. The van der Waals surface area contributed by atoms with Gasteiger partial charge in [-0.3, -0.25) is 14.9 Å². The number of non-ortho nitro benzene ring substituents is 1. The summed E-state index contributed by atoms with van der Waals surface area (Å²) in [6, 6.07) is 11.1. The van der Waals surface area contributed by atoms with Crippen molar-refractivity contribution in [1.29, 1.82) is 0 Å². The average molecular weight is 406 g/mol. The number of carbonyl (C=O) groups is 1. The van der Waals surface area contributed by atoms with Crippen LogP contribution in [0.25, 0.3) is 10.2 Å². The third-order valence-corrected chi connectivity index (χ3v) is 5.14. The van der Waals surface area contributed by atoms with Crippen LogP contribution in [0.5, 0.6) is 0 Å². The Morgan fingerprint density at radius 3 is 2.70 bits per heavy atom. The first kappa shape index (κ1) is 19.2. The van der Waals surface area contributed by atoms with E-state index in [1.165, 1.54) is 23.5 Å². The summed E-state index contributed by atoms with van der Waals surface area (Å²) in [5.41, 5.74) is 1.05. The van der Waals surface area contributed by atoms with Crippen molar-refractivity contribution in [1.82, 2.24) is 4.57 Å². The van der Waals surface area contributed by atoms with E-state index in [2.05, 4.69) is 4.99 Å². The predicted molar refractivity (Wildman–Crippen MR) is 104 cm³/mol. The fraction of sp³-hybridized carbons (Fsp3) is 0.222. The minimum absolute atomic E-state index is 0.0129. The molecule has 27 heavy (non-hydrogen) atoms. The number of amides is 1. The van der Waals surface area contributed by atoms with Crippen molar-refractivity contribution in [2.45, 2.75) is 13.5 Å². The van der Waals surface area contributed by atoms with Crippen LogP contribution in [0.3, 0.4) is 0 Å². The number of carbonyl (C=O) groups excluding carboxylic acids is 1. The van der Waals surface area contributed by atoms with E-state index >= 15 is 0 Å². The smallest absolute Gasteiger partial charge is 0.279 e. The Labute approximate surface area is 163 Å². The third-order valence-electron chi connectivity index (χ3n) is 3.83. The van der Waals surface area contributed by atoms with Crippen LogP contribution in [0.15, 0.2) is 47.5 Å². The fourth-order valence-corrected chi connectivity index (χ4v) is 3.68. The molecule has 1 amide bonds. The molecular formula is C18H16ClN3O4S. The standard InChI is InChI=1S/C18H16ClN3O4S/c1-2-26-10-9-21-15-11-14(22(24)25)7-8-16(15)27-18(21)20-17(23)12-3-5-13(19)6-4-12/h3-8,11H,2,9-10H2,1H3. The van der Waals surface area contributed by atoms with Gasteiger partial charge in [0.05, 0.1) is 21.7 Å². The number of benzene rings is 2. The van der Waals surface area contributed by atoms with E-state index < -0.39 is 10.8 Å². The van der Waals surface area contributed by atoms with Gasteiger partial charge in [-0.25, -0.2) is 0 Å². The zero-order chi connectivity index (χ0) is 19.4. The van der Waals surface area contributed by atoms with Gasteiger partial charge in [0.2, 0.25) is 0 Å². The number of nitrogens with zero attached hydrogens (tertiary/aromatic N) is 3. The van der Waals surface area contributed by atoms with Crippen LogP contribution in [-0.2, 0) is 11.3 Å². The van der Waals surface area contributed by atoms with Crippen molar-refractivity contribution in [3.8, 4) is 0 Å². The molecule has 0 saturated carbocycles. The topological polar surface area (TPSA) is 86.7 Å². The molecule has 0 fully saturated rings. The van der Waals surface area contributed by atoms with Crippen molar-refractivity contribution >= 4 is 44.7 Å². The average Bonchev–Trinajstić information content (AvgIpc) is 2.99. The summed E-state index contributed by atoms with van der Waals surface area (Å²) >= 11 is 7.15. The molecule has 1 heterocycles. The van der Waals surface area contributed by atoms with E-state index in [0.29, 0.717) is 40.7 Å². The highest BCUT2D eigenvalue weighted by Gasteiger charge is 2.13. The van der Waals surface area contributed by atoms with Gasteiger partial charge in [0.1, 0.15) is 0 Å². The van der Waals surface area contributed by atoms with Crippen LogP contribution in [-0.4, -0.2) is 28.6 Å². The number of ether oxygens (including phenoxy) is 1. The number of fused-ring (bicyclic) bond motifs is 1. The minimum atomic E-state index is -0.445. The summed E-state index contributed by atoms with van der Waals surface area (Å²) in [6.45, 7) is 3.28. The molecule has 0 aliphatic carbocycles. The molecular weight excluding hydrogens is 390 g/mol. The van der Waals surface area contributed by atoms with Crippen LogP contribution in [0.2, 0.25) is 5.02 Å². The lowest BCUT2D eigenvalue weighted by Gasteiger charge is -2.05. The molecule has 9 heteroatoms. The van der Waals surface area contributed by atoms with Crippen LogP contribution in [0, 0.1) is 10.1 Å². The molecule has 0 unspecified atom stereocenters. The third kappa shape index (κ3) is 4.41. The molecule has 1 aromatic heterocycles. The summed E-state index contributed by atoms with van der Waals surface area (Å²) in [5.74, 6) is -0.405. The zero-order valence-electron chi connectivity index (χ0n) is 14.4. The molecule has 3 rings (SSSR count). The van der Waals surface area contributed by atoms with Gasteiger partial charge in [-0.15, -0.1) is 0 Å². The quantitative estimate of drug-likeness (QED) is 0.352. The fourth-order valence-electron chi connectivity index (χ4n) is 2.52. The highest BCUT2D eigenvalue weighted by atomic mass is 35.5. The van der Waals surface area contributed by atoms with E-state index in [1.807, 2.05) is 6.92 Å². The maximum atomic E-state index is 12.5. The maximum Gasteiger partial charge on any atom is 0.279 e. The van der Waals surface area contributed by atoms with E-state index in [-0.39, 0.29) is 5.69 Å². The van der Waals surface area contributed by atoms with Crippen molar-refractivity contribution in [2.75, 3.05) is 13.2 Å². The van der Waals surface area contributed by atoms with E-state index in [4.69, 9.17) is 16.3 Å². The van der Waals surface area contributed by atoms with Gasteiger partial charge in [0.25, 0.3) is 11.6 Å². The molecule has 0 aliphatic rings. The molecule has 0 aliphatic heterocycles. The van der Waals surface area contributed by atoms with Crippen LogP contribution in [0.4, 0.5) is 5.69 Å². The summed E-state index contributed by atoms with van der Waals surface area (Å²) in [6.07, 6.45) is 0. The molecule has 0 bridgehead atoms. The van der Waals surface area contributed by atoms with Gasteiger partial charge in [-0.1, -0.05) is 22.9 Å². The first-order chi connectivity index (χ1) is 13.0. The van der Waals surface area contributed by atoms with E-state index in [9.17, 15) is 14.9 Å². The number of nitro benzene ring substituents is 1. The monoisotopic (exact) mass is 405 g/mol. The van der Waals surface area contributed by atoms with Gasteiger partial charge >= 0.3 is 0 Å². The lowest BCUT2D eigenvalue weighted by Crippen LogP contribution is -2.19. The Hall–Kier alpha value is -2.55. The molecule has 0 spiro atoms. The molecule has 7 nitrogen and oxygen atoms in total. The van der Waals surface area contributed by atoms with Crippen LogP contribution in [0.1, 0.15) is 17.3 Å². The van der Waals surface area contributed by atoms with Gasteiger partial charge in [0.15, 0.2) is 4.80 Å². The predicted octanol–water partition coefficient (Wildman–Crippen LogP) is 4.04. The van der Waals surface area contributed by atoms with Crippen LogP contribution < -0.4 is 4.80 Å². The second kappa shape index (κ2) is 8.43. The van der Waals surface area contributed by atoms with Crippen molar-refractivity contribution < 1.29 is 14.5 Å². The van der Waals surface area contributed by atoms with E-state index in [1.54, 1.807) is 34.9 Å². The SMILES string of the molecule is CCOCCn1c(=NC(=O)c2ccc(Cl)cc2)sc2ccc([N+](=O)[O-])cc21. The van der Waals surface area contributed by atoms with Crippen molar-refractivity contribution in [3.63, 3.8) is 0 Å². The molecule has 0 N–H and O–H groups in total. The lowest BCUT2D eigenvalue weighted by atomic mass is 10.2. The second-order valence-corrected chi connectivity index (χ2v) is 7.01. The number of hydrogen-bond donors (Lipinski definition) is 0. The normalized spacial score (nSPS) is 11.9. The maximum absolute atomic E-state index is 12.5. The van der Waals surface area contributed by atoms with Gasteiger partial charge in [0, 0.05) is 35.9 Å². The first-order valence-electron chi connectivity index (χ1n) is 8.19. The van der Waals surface area contributed by atoms with E-state index in [0.717, 1.165) is 4.70 Å². The lowest BCUT2D eigenvalue weighted by molar-refractivity contribution is -0.384. The van der Waals surface area contributed by atoms with Crippen LogP contribution >= 0.6 is 22.9 Å². The Balaban J connectivity index is 2.09. The number of thiazole rings is 1. The second-order valence-electron chi connectivity index (χ2n) is 5.57. The highest BCUT2D eigenvalue weighted by molar-refractivity contribution is 7.16. The molecule has 3 aromatic rings. The minimum Gasteiger partial charge on any atom is -0.380 e.